The average molecular weight is 382 g/mol. The minimum Gasteiger partial charge on any atom is -0.303 e. The van der Waals surface area contributed by atoms with E-state index in [-0.39, 0.29) is 0 Å². The molecule has 0 bridgehead atoms. The van der Waals surface area contributed by atoms with Crippen molar-refractivity contribution in [1.29, 1.82) is 0 Å². The van der Waals surface area contributed by atoms with Crippen LogP contribution in [0.5, 0.6) is 0 Å². The van der Waals surface area contributed by atoms with E-state index in [9.17, 15) is 0 Å². The van der Waals surface area contributed by atoms with Gasteiger partial charge in [0.05, 0.1) is 0 Å². The van der Waals surface area contributed by atoms with E-state index in [1.165, 1.54) is 135 Å². The second kappa shape index (κ2) is 22.3. The highest BCUT2D eigenvalue weighted by atomic mass is 15.1. The summed E-state index contributed by atoms with van der Waals surface area (Å²) in [6.45, 7) is 13.4. The summed E-state index contributed by atoms with van der Waals surface area (Å²) >= 11 is 0. The van der Waals surface area contributed by atoms with Crippen LogP contribution in [0.1, 0.15) is 143 Å². The molecule has 0 radical (unpaired) electrons. The Balaban J connectivity index is 4.04. The van der Waals surface area contributed by atoms with Crippen LogP contribution >= 0.6 is 0 Å². The monoisotopic (exact) mass is 381 g/mol. The summed E-state index contributed by atoms with van der Waals surface area (Å²) in [4.78, 5) is 2.84. The van der Waals surface area contributed by atoms with E-state index in [1.807, 2.05) is 0 Å². The lowest BCUT2D eigenvalue weighted by atomic mass is 9.98. The molecule has 27 heavy (non-hydrogen) atoms. The predicted molar refractivity (Wildman–Crippen MR) is 126 cm³/mol. The second-order valence-corrected chi connectivity index (χ2v) is 8.96. The van der Waals surface area contributed by atoms with Crippen LogP contribution in [0.25, 0.3) is 0 Å². The molecule has 164 valence electrons. The van der Waals surface area contributed by atoms with E-state index in [0.29, 0.717) is 0 Å². The van der Waals surface area contributed by atoms with Gasteiger partial charge >= 0.3 is 0 Å². The summed E-state index contributed by atoms with van der Waals surface area (Å²) in [5.74, 6) is 0.930. The van der Waals surface area contributed by atoms with E-state index >= 15 is 0 Å². The fourth-order valence-electron chi connectivity index (χ4n) is 4.16. The fraction of sp³-hybridized carbons (Fsp3) is 1.00. The van der Waals surface area contributed by atoms with Gasteiger partial charge < -0.3 is 4.90 Å². The summed E-state index contributed by atoms with van der Waals surface area (Å²) in [5.41, 5.74) is 0. The van der Waals surface area contributed by atoms with Crippen molar-refractivity contribution >= 4 is 0 Å². The number of rotatable bonds is 22. The van der Waals surface area contributed by atoms with Crippen molar-refractivity contribution in [3.05, 3.63) is 0 Å². The van der Waals surface area contributed by atoms with Crippen molar-refractivity contribution in [2.45, 2.75) is 143 Å². The highest BCUT2D eigenvalue weighted by Crippen LogP contribution is 2.16. The van der Waals surface area contributed by atoms with Crippen LogP contribution in [0.4, 0.5) is 0 Å². The van der Waals surface area contributed by atoms with Gasteiger partial charge in [0, 0.05) is 6.54 Å². The van der Waals surface area contributed by atoms with Crippen molar-refractivity contribution < 1.29 is 0 Å². The minimum absolute atomic E-state index is 0.930. The smallest absolute Gasteiger partial charge is 0.000955 e. The van der Waals surface area contributed by atoms with Gasteiger partial charge in [-0.15, -0.1) is 0 Å². The van der Waals surface area contributed by atoms with E-state index in [2.05, 4.69) is 32.6 Å². The van der Waals surface area contributed by atoms with E-state index in [1.54, 1.807) is 0 Å². The zero-order valence-corrected chi connectivity index (χ0v) is 19.9. The molecule has 0 aliphatic rings. The SMILES string of the molecule is CCCCCCCCCN(CCCCCCCCC)CC(CC)CCCC. The molecular weight excluding hydrogens is 326 g/mol. The molecule has 0 aromatic heterocycles. The van der Waals surface area contributed by atoms with Crippen molar-refractivity contribution in [2.75, 3.05) is 19.6 Å². The predicted octanol–water partition coefficient (Wildman–Crippen LogP) is 9.01. The lowest BCUT2D eigenvalue weighted by molar-refractivity contribution is 0.210. The maximum absolute atomic E-state index is 2.84. The van der Waals surface area contributed by atoms with Crippen LogP contribution in [0, 0.1) is 5.92 Å². The van der Waals surface area contributed by atoms with Gasteiger partial charge in [-0.3, -0.25) is 0 Å². The summed E-state index contributed by atoms with van der Waals surface area (Å²) in [6.07, 6.45) is 25.6. The Bertz CT molecular complexity index is 245. The molecule has 0 N–H and O–H groups in total. The van der Waals surface area contributed by atoms with E-state index in [0.717, 1.165) is 5.92 Å². The number of unbranched alkanes of at least 4 members (excludes halogenated alkanes) is 13. The van der Waals surface area contributed by atoms with Crippen LogP contribution in [0.2, 0.25) is 0 Å². The van der Waals surface area contributed by atoms with Crippen molar-refractivity contribution in [1.82, 2.24) is 4.90 Å². The van der Waals surface area contributed by atoms with Gasteiger partial charge in [-0.05, 0) is 38.3 Å². The van der Waals surface area contributed by atoms with Crippen LogP contribution in [0.3, 0.4) is 0 Å². The van der Waals surface area contributed by atoms with Crippen molar-refractivity contribution in [2.24, 2.45) is 5.92 Å². The topological polar surface area (TPSA) is 3.24 Å². The Kier molecular flexibility index (Phi) is 22.2. The highest BCUT2D eigenvalue weighted by molar-refractivity contribution is 4.66. The minimum atomic E-state index is 0.930. The molecule has 0 aliphatic heterocycles. The molecule has 0 saturated carbocycles. The Morgan fingerprint density at radius 1 is 0.481 bits per heavy atom. The molecule has 1 unspecified atom stereocenters. The largest absolute Gasteiger partial charge is 0.303 e. The van der Waals surface area contributed by atoms with Crippen LogP contribution in [-0.2, 0) is 0 Å². The Morgan fingerprint density at radius 2 is 0.889 bits per heavy atom. The van der Waals surface area contributed by atoms with Gasteiger partial charge in [0.15, 0.2) is 0 Å². The molecule has 0 aromatic carbocycles. The van der Waals surface area contributed by atoms with Gasteiger partial charge in [0.1, 0.15) is 0 Å². The van der Waals surface area contributed by atoms with Gasteiger partial charge in [-0.1, -0.05) is 124 Å². The molecule has 1 atom stereocenters. The maximum Gasteiger partial charge on any atom is 0.000955 e. The first kappa shape index (κ1) is 27.0. The molecular formula is C26H55N. The first-order valence-corrected chi connectivity index (χ1v) is 13.0. The third-order valence-corrected chi connectivity index (χ3v) is 6.22. The van der Waals surface area contributed by atoms with Gasteiger partial charge in [-0.25, -0.2) is 0 Å². The van der Waals surface area contributed by atoms with Gasteiger partial charge in [-0.2, -0.15) is 0 Å². The lowest BCUT2D eigenvalue weighted by Gasteiger charge is -2.27. The lowest BCUT2D eigenvalue weighted by Crippen LogP contribution is -2.31. The van der Waals surface area contributed by atoms with Crippen molar-refractivity contribution in [3.8, 4) is 0 Å². The summed E-state index contributed by atoms with van der Waals surface area (Å²) in [7, 11) is 0. The standard InChI is InChI=1S/C26H55N/c1-5-9-12-14-16-18-20-23-27(25-26(8-4)22-11-7-3)24-21-19-17-15-13-10-6-2/h26H,5-25H2,1-4H3. The number of hydrogen-bond donors (Lipinski definition) is 0. The summed E-state index contributed by atoms with van der Waals surface area (Å²) < 4.78 is 0. The first-order valence-electron chi connectivity index (χ1n) is 13.0. The Hall–Kier alpha value is -0.0400. The van der Waals surface area contributed by atoms with E-state index < -0.39 is 0 Å². The zero-order chi connectivity index (χ0) is 20.0. The molecule has 0 fully saturated rings. The third kappa shape index (κ3) is 19.1. The molecule has 0 aliphatic carbocycles. The fourth-order valence-corrected chi connectivity index (χ4v) is 4.16. The van der Waals surface area contributed by atoms with Crippen molar-refractivity contribution in [3.63, 3.8) is 0 Å². The summed E-state index contributed by atoms with van der Waals surface area (Å²) in [5, 5.41) is 0. The first-order chi connectivity index (χ1) is 13.3. The number of nitrogens with zero attached hydrogens (tertiary/aromatic N) is 1. The quantitative estimate of drug-likeness (QED) is 0.169. The van der Waals surface area contributed by atoms with Crippen LogP contribution in [-0.4, -0.2) is 24.5 Å². The molecule has 0 saturated heterocycles. The highest BCUT2D eigenvalue weighted by Gasteiger charge is 2.12. The molecule has 1 heteroatoms. The van der Waals surface area contributed by atoms with Crippen LogP contribution < -0.4 is 0 Å². The molecule has 0 heterocycles. The second-order valence-electron chi connectivity index (χ2n) is 8.96. The normalized spacial score (nSPS) is 12.8. The van der Waals surface area contributed by atoms with Crippen LogP contribution in [0.15, 0.2) is 0 Å². The van der Waals surface area contributed by atoms with E-state index in [4.69, 9.17) is 0 Å². The zero-order valence-electron chi connectivity index (χ0n) is 19.9. The molecule has 0 amide bonds. The molecule has 1 nitrogen and oxygen atoms in total. The molecule has 0 aromatic rings. The summed E-state index contributed by atoms with van der Waals surface area (Å²) in [6, 6.07) is 0. The Morgan fingerprint density at radius 3 is 1.30 bits per heavy atom. The van der Waals surface area contributed by atoms with Gasteiger partial charge in [0.25, 0.3) is 0 Å². The molecule has 0 spiro atoms. The number of hydrogen-bond acceptors (Lipinski definition) is 1. The van der Waals surface area contributed by atoms with Gasteiger partial charge in [0.2, 0.25) is 0 Å². The average Bonchev–Trinajstić information content (AvgIpc) is 2.69. The molecule has 0 rings (SSSR count). The Labute approximate surface area is 174 Å². The maximum atomic E-state index is 2.84. The third-order valence-electron chi connectivity index (χ3n) is 6.22.